The van der Waals surface area contributed by atoms with Crippen LogP contribution in [0.4, 0.5) is 0 Å². The second kappa shape index (κ2) is 134. The molecule has 0 aromatic carbocycles. The van der Waals surface area contributed by atoms with E-state index in [2.05, 4.69) is 0 Å². The van der Waals surface area contributed by atoms with Crippen LogP contribution in [0.1, 0.15) is 0 Å². The van der Waals surface area contributed by atoms with Crippen molar-refractivity contribution in [2.75, 3.05) is 0 Å². The first-order chi connectivity index (χ1) is 7.07. The average Bonchev–Trinajstić information content (AvgIpc) is 2.09. The molecule has 0 fully saturated rings. The maximum Gasteiger partial charge on any atom is 2.00 e. The standard InChI is InChI=1S/2Ba.5N3.Rb/c;;5*1-3-2;/q2*+2;5*-1;+1. The Morgan fingerprint density at radius 3 is 0.333 bits per heavy atom. The van der Waals surface area contributed by atoms with Crippen molar-refractivity contribution in [3.8, 4) is 0 Å². The number of hydrogen-bond acceptors (Lipinski definition) is 0. The van der Waals surface area contributed by atoms with Gasteiger partial charge in [0.05, 0.1) is 0 Å². The average molecular weight is 570 g/mol. The van der Waals surface area contributed by atoms with Crippen molar-refractivity contribution in [1.82, 2.24) is 0 Å². The van der Waals surface area contributed by atoms with Crippen LogP contribution in [-0.2, 0) is 0 Å². The third-order valence-electron chi connectivity index (χ3n) is 0. The van der Waals surface area contributed by atoms with Gasteiger partial charge in [-0.15, -0.1) is 0 Å². The van der Waals surface area contributed by atoms with E-state index in [0.29, 0.717) is 0 Å². The van der Waals surface area contributed by atoms with Crippen molar-refractivity contribution < 1.29 is 58.2 Å². The van der Waals surface area contributed by atoms with Gasteiger partial charge in [0.1, 0.15) is 0 Å². The van der Waals surface area contributed by atoms with E-state index in [0.717, 1.165) is 0 Å². The number of rotatable bonds is 0. The summed E-state index contributed by atoms with van der Waals surface area (Å²) >= 11 is 0. The van der Waals surface area contributed by atoms with Gasteiger partial charge >= 0.3 is 156 Å². The van der Waals surface area contributed by atoms with E-state index in [1.165, 1.54) is 24.6 Å². The molecule has 0 amide bonds. The molecule has 0 saturated carbocycles. The van der Waals surface area contributed by atoms with Gasteiger partial charge in [0, 0.05) is 0 Å². The Morgan fingerprint density at radius 1 is 0.333 bits per heavy atom. The largest absolute Gasteiger partial charge is 2.00 e. The molecule has 0 aliphatic carbocycles. The van der Waals surface area contributed by atoms with Crippen LogP contribution < -0.4 is 58.2 Å². The fourth-order valence-corrected chi connectivity index (χ4v) is 0. The molecule has 0 unspecified atom stereocenters. The molecule has 0 aliphatic heterocycles. The summed E-state index contributed by atoms with van der Waals surface area (Å²) in [5.74, 6) is 0. The van der Waals surface area contributed by atoms with Crippen molar-refractivity contribution in [1.29, 1.82) is 0 Å². The molecular weight excluding hydrogens is 570 g/mol. The van der Waals surface area contributed by atoms with E-state index >= 15 is 0 Å². The van der Waals surface area contributed by atoms with Gasteiger partial charge in [0.25, 0.3) is 0 Å². The normalized spacial score (nSPS) is 2.22. The van der Waals surface area contributed by atoms with Crippen molar-refractivity contribution in [3.05, 3.63) is 79.9 Å². The summed E-state index contributed by atoms with van der Waals surface area (Å²) < 4.78 is 0. The maximum absolute atomic E-state index is 6.75. The quantitative estimate of drug-likeness (QED) is 0.167. The van der Waals surface area contributed by atoms with Crippen LogP contribution in [0.5, 0.6) is 0 Å². The van der Waals surface area contributed by atoms with E-state index < -0.39 is 0 Å². The number of nitrogens with zero attached hydrogens (tertiary/aromatic N) is 15. The van der Waals surface area contributed by atoms with E-state index in [-0.39, 0.29) is 156 Å². The van der Waals surface area contributed by atoms with Crippen LogP contribution in [0.25, 0.3) is 79.9 Å². The van der Waals surface area contributed by atoms with Crippen molar-refractivity contribution in [3.63, 3.8) is 0 Å². The monoisotopic (exact) mass is 571 g/mol. The molecule has 0 saturated heterocycles. The Labute approximate surface area is 229 Å². The predicted octanol–water partition coefficient (Wildman–Crippen LogP) is 0.573. The van der Waals surface area contributed by atoms with E-state index in [9.17, 15) is 0 Å². The minimum absolute atomic E-state index is 0. The molecule has 18 heteroatoms. The smallest absolute Gasteiger partial charge is 0.373 e. The summed E-state index contributed by atoms with van der Waals surface area (Å²) in [6.07, 6.45) is 0. The summed E-state index contributed by atoms with van der Waals surface area (Å²) in [5.41, 5.74) is 67.5. The van der Waals surface area contributed by atoms with Gasteiger partial charge in [0.15, 0.2) is 0 Å². The Balaban J connectivity index is -0.0000000111. The van der Waals surface area contributed by atoms with Crippen LogP contribution >= 0.6 is 0 Å². The first-order valence-electron chi connectivity index (χ1n) is 2.00. The van der Waals surface area contributed by atoms with Gasteiger partial charge in [-0.25, -0.2) is 0 Å². The molecule has 0 aromatic heterocycles. The maximum atomic E-state index is 6.75. The van der Waals surface area contributed by atoms with Crippen LogP contribution in [0.2, 0.25) is 0 Å². The van der Waals surface area contributed by atoms with Gasteiger partial charge in [-0.1, -0.05) is 0 Å². The molecular formula is Ba2N15Rb. The molecule has 0 N–H and O–H groups in total. The molecule has 0 aliphatic rings. The fourth-order valence-electron chi connectivity index (χ4n) is 0. The molecule has 80 valence electrons. The zero-order valence-electron chi connectivity index (χ0n) is 9.12. The van der Waals surface area contributed by atoms with E-state index in [1.807, 2.05) is 0 Å². The summed E-state index contributed by atoms with van der Waals surface area (Å²) in [4.78, 5) is 7.50. The van der Waals surface area contributed by atoms with Crippen LogP contribution in [0, 0.1) is 0 Å². The molecule has 15 nitrogen and oxygen atoms in total. The summed E-state index contributed by atoms with van der Waals surface area (Å²) in [7, 11) is 0. The van der Waals surface area contributed by atoms with Gasteiger partial charge in [-0.2, -0.15) is 0 Å². The minimum Gasteiger partial charge on any atom is -0.373 e. The first kappa shape index (κ1) is 50.5. The van der Waals surface area contributed by atoms with E-state index in [4.69, 9.17) is 55.3 Å². The third-order valence-corrected chi connectivity index (χ3v) is 0. The Morgan fingerprint density at radius 2 is 0.333 bits per heavy atom. The first-order valence-corrected chi connectivity index (χ1v) is 2.00. The molecule has 0 bridgehead atoms. The fraction of sp³-hybridized carbons (Fsp3) is 0. The van der Waals surface area contributed by atoms with Crippen LogP contribution in [0.3, 0.4) is 0 Å². The van der Waals surface area contributed by atoms with Gasteiger partial charge in [0.2, 0.25) is 0 Å². The summed E-state index contributed by atoms with van der Waals surface area (Å²) in [6.45, 7) is 0. The molecule has 0 atom stereocenters. The van der Waals surface area contributed by atoms with Crippen molar-refractivity contribution in [2.45, 2.75) is 0 Å². The van der Waals surface area contributed by atoms with Crippen molar-refractivity contribution >= 4 is 97.8 Å². The second-order valence-corrected chi connectivity index (χ2v) is 0.447. The second-order valence-electron chi connectivity index (χ2n) is 0.447. The van der Waals surface area contributed by atoms with E-state index in [1.54, 1.807) is 0 Å². The zero-order chi connectivity index (χ0) is 13.5. The summed E-state index contributed by atoms with van der Waals surface area (Å²) in [6, 6.07) is 0. The van der Waals surface area contributed by atoms with Gasteiger partial charge in [-0.05, 0) is 0 Å². The van der Waals surface area contributed by atoms with Gasteiger partial charge < -0.3 is 55.3 Å². The minimum atomic E-state index is 0. The Kier molecular flexibility index (Phi) is 376. The summed E-state index contributed by atoms with van der Waals surface area (Å²) in [5, 5.41) is 0. The van der Waals surface area contributed by atoms with Crippen LogP contribution in [-0.4, -0.2) is 97.8 Å². The SMILES string of the molecule is [Ba+2].[Ba+2].[N-]=[N+]=[N-].[N-]=[N+]=[N-].[N-]=[N+]=[N-].[N-]=[N+]=[N-].[N-]=[N+]=[N-].[Rb+]. The molecule has 18 heavy (non-hydrogen) atoms. The topological polar surface area (TPSA) is 294 Å². The molecule has 0 aromatic rings. The number of hydrogen-bond donors (Lipinski definition) is 0. The van der Waals surface area contributed by atoms with Crippen LogP contribution in [0.15, 0.2) is 0 Å². The Hall–Kier alpha value is 1.50. The van der Waals surface area contributed by atoms with Gasteiger partial charge in [-0.3, -0.25) is 24.6 Å². The Bertz CT molecular complexity index is 189. The zero-order valence-corrected chi connectivity index (χ0v) is 22.9. The molecule has 0 heterocycles. The molecule has 0 rings (SSSR count). The predicted molar refractivity (Wildman–Crippen MR) is 61.9 cm³/mol. The molecule has 0 radical (unpaired) electrons. The third kappa shape index (κ3) is 2120. The molecule has 0 spiro atoms. The van der Waals surface area contributed by atoms with Crippen molar-refractivity contribution in [2.24, 2.45) is 0 Å².